The van der Waals surface area contributed by atoms with Crippen LogP contribution in [0.3, 0.4) is 0 Å². The van der Waals surface area contributed by atoms with E-state index in [1.165, 1.54) is 6.92 Å². The number of hydrogen-bond donors (Lipinski definition) is 5. The SMILES string of the molecule is C[C@H](N)C(=O)N[C@@H](CCCN=C(N)N)C(=O)O. The number of carbonyl (C=O) groups is 2. The average Bonchev–Trinajstić information content (AvgIpc) is 2.21. The fourth-order valence-electron chi connectivity index (χ4n) is 1.06. The van der Waals surface area contributed by atoms with Crippen LogP contribution in [0.4, 0.5) is 0 Å². The van der Waals surface area contributed by atoms with Gasteiger partial charge >= 0.3 is 5.97 Å². The van der Waals surface area contributed by atoms with Gasteiger partial charge in [0.15, 0.2) is 5.96 Å². The number of hydrogen-bond acceptors (Lipinski definition) is 4. The molecule has 0 aromatic rings. The molecule has 0 aliphatic carbocycles. The van der Waals surface area contributed by atoms with Crippen LogP contribution in [-0.2, 0) is 9.59 Å². The second kappa shape index (κ2) is 7.44. The maximum atomic E-state index is 11.2. The quantitative estimate of drug-likeness (QED) is 0.197. The van der Waals surface area contributed by atoms with Crippen LogP contribution in [0.5, 0.6) is 0 Å². The molecule has 0 spiro atoms. The van der Waals surface area contributed by atoms with E-state index in [1.54, 1.807) is 0 Å². The molecule has 98 valence electrons. The Kier molecular flexibility index (Phi) is 6.64. The van der Waals surface area contributed by atoms with Gasteiger partial charge in [-0.2, -0.15) is 0 Å². The maximum Gasteiger partial charge on any atom is 0.326 e. The zero-order chi connectivity index (χ0) is 13.4. The van der Waals surface area contributed by atoms with Gasteiger partial charge < -0.3 is 27.6 Å². The zero-order valence-corrected chi connectivity index (χ0v) is 9.72. The highest BCUT2D eigenvalue weighted by Crippen LogP contribution is 1.99. The molecule has 0 saturated heterocycles. The van der Waals surface area contributed by atoms with Crippen molar-refractivity contribution >= 4 is 17.8 Å². The van der Waals surface area contributed by atoms with Crippen molar-refractivity contribution in [3.63, 3.8) is 0 Å². The molecule has 1 amide bonds. The van der Waals surface area contributed by atoms with E-state index in [9.17, 15) is 9.59 Å². The van der Waals surface area contributed by atoms with Crippen molar-refractivity contribution in [2.75, 3.05) is 6.54 Å². The molecule has 8 heteroatoms. The number of guanidine groups is 1. The summed E-state index contributed by atoms with van der Waals surface area (Å²) in [5, 5.41) is 11.2. The second-order valence-electron chi connectivity index (χ2n) is 3.64. The molecule has 0 saturated carbocycles. The summed E-state index contributed by atoms with van der Waals surface area (Å²) in [5.41, 5.74) is 15.5. The summed E-state index contributed by atoms with van der Waals surface area (Å²) in [4.78, 5) is 25.8. The number of nitrogens with two attached hydrogens (primary N) is 3. The lowest BCUT2D eigenvalue weighted by atomic mass is 10.1. The van der Waals surface area contributed by atoms with Gasteiger partial charge in [0.2, 0.25) is 5.91 Å². The number of carboxylic acids is 1. The first-order valence-corrected chi connectivity index (χ1v) is 5.18. The van der Waals surface area contributed by atoms with Gasteiger partial charge in [0.1, 0.15) is 6.04 Å². The molecule has 0 unspecified atom stereocenters. The molecule has 8 nitrogen and oxygen atoms in total. The van der Waals surface area contributed by atoms with Gasteiger partial charge in [-0.25, -0.2) is 4.79 Å². The summed E-state index contributed by atoms with van der Waals surface area (Å²) >= 11 is 0. The molecule has 0 aliphatic heterocycles. The molecule has 0 radical (unpaired) electrons. The second-order valence-corrected chi connectivity index (χ2v) is 3.64. The first kappa shape index (κ1) is 15.2. The van der Waals surface area contributed by atoms with Crippen molar-refractivity contribution in [3.8, 4) is 0 Å². The van der Waals surface area contributed by atoms with Crippen LogP contribution in [0.2, 0.25) is 0 Å². The Morgan fingerprint density at radius 1 is 1.41 bits per heavy atom. The molecule has 2 atom stereocenters. The zero-order valence-electron chi connectivity index (χ0n) is 9.72. The normalized spacial score (nSPS) is 13.5. The number of nitrogens with zero attached hydrogens (tertiary/aromatic N) is 1. The molecule has 0 fully saturated rings. The molecule has 17 heavy (non-hydrogen) atoms. The molecule has 0 aromatic heterocycles. The first-order valence-electron chi connectivity index (χ1n) is 5.18. The third-order valence-corrected chi connectivity index (χ3v) is 1.97. The minimum atomic E-state index is -1.11. The molecule has 0 aromatic carbocycles. The minimum absolute atomic E-state index is 0.0449. The average molecular weight is 245 g/mol. The van der Waals surface area contributed by atoms with E-state index in [1.807, 2.05) is 0 Å². The lowest BCUT2D eigenvalue weighted by molar-refractivity contribution is -0.142. The van der Waals surface area contributed by atoms with E-state index in [4.69, 9.17) is 22.3 Å². The Hall–Kier alpha value is -1.83. The fourth-order valence-corrected chi connectivity index (χ4v) is 1.06. The number of carboxylic acid groups (broad SMARTS) is 1. The number of carbonyl (C=O) groups excluding carboxylic acids is 1. The standard InChI is InChI=1S/C9H19N5O3/c1-5(10)7(15)14-6(8(16)17)3-2-4-13-9(11)12/h5-6H,2-4,10H2,1H3,(H,14,15)(H,16,17)(H4,11,12,13)/t5-,6-/m0/s1. The van der Waals surface area contributed by atoms with Crippen LogP contribution in [0.25, 0.3) is 0 Å². The molecule has 8 N–H and O–H groups in total. The summed E-state index contributed by atoms with van der Waals surface area (Å²) in [6.45, 7) is 1.80. The lowest BCUT2D eigenvalue weighted by Crippen LogP contribution is -2.47. The highest BCUT2D eigenvalue weighted by atomic mass is 16.4. The van der Waals surface area contributed by atoms with E-state index in [0.29, 0.717) is 13.0 Å². The molecule has 0 bridgehead atoms. The predicted octanol–water partition coefficient (Wildman–Crippen LogP) is -2.04. The highest BCUT2D eigenvalue weighted by molar-refractivity contribution is 5.86. The Bertz CT molecular complexity index is 299. The van der Waals surface area contributed by atoms with E-state index in [2.05, 4.69) is 10.3 Å². The van der Waals surface area contributed by atoms with Crippen molar-refractivity contribution in [2.45, 2.75) is 31.8 Å². The Labute approximate surface area is 99.2 Å². The summed E-state index contributed by atoms with van der Waals surface area (Å²) in [6.07, 6.45) is 0.693. The van der Waals surface area contributed by atoms with Crippen molar-refractivity contribution in [1.82, 2.24) is 5.32 Å². The molecular formula is C9H19N5O3. The van der Waals surface area contributed by atoms with Crippen LogP contribution in [0, 0.1) is 0 Å². The monoisotopic (exact) mass is 245 g/mol. The van der Waals surface area contributed by atoms with Crippen molar-refractivity contribution in [1.29, 1.82) is 0 Å². The van der Waals surface area contributed by atoms with Gasteiger partial charge in [0.05, 0.1) is 6.04 Å². The number of rotatable bonds is 7. The predicted molar refractivity (Wildman–Crippen MR) is 63.1 cm³/mol. The van der Waals surface area contributed by atoms with Crippen LogP contribution < -0.4 is 22.5 Å². The van der Waals surface area contributed by atoms with Crippen LogP contribution in [0.15, 0.2) is 4.99 Å². The van der Waals surface area contributed by atoms with Gasteiger partial charge in [-0.05, 0) is 19.8 Å². The van der Waals surface area contributed by atoms with Gasteiger partial charge in [-0.3, -0.25) is 9.79 Å². The first-order chi connectivity index (χ1) is 7.84. The van der Waals surface area contributed by atoms with E-state index in [-0.39, 0.29) is 12.4 Å². The van der Waals surface area contributed by atoms with E-state index < -0.39 is 24.0 Å². The largest absolute Gasteiger partial charge is 0.480 e. The summed E-state index contributed by atoms with van der Waals surface area (Å²) in [7, 11) is 0. The van der Waals surface area contributed by atoms with Gasteiger partial charge in [0.25, 0.3) is 0 Å². The van der Waals surface area contributed by atoms with Crippen LogP contribution in [-0.4, -0.2) is 41.6 Å². The molecule has 0 aliphatic rings. The van der Waals surface area contributed by atoms with Crippen LogP contribution >= 0.6 is 0 Å². The fraction of sp³-hybridized carbons (Fsp3) is 0.667. The lowest BCUT2D eigenvalue weighted by Gasteiger charge is -2.15. The van der Waals surface area contributed by atoms with Crippen molar-refractivity contribution < 1.29 is 14.7 Å². The number of nitrogens with one attached hydrogen (secondary N) is 1. The van der Waals surface area contributed by atoms with Crippen molar-refractivity contribution in [3.05, 3.63) is 0 Å². The summed E-state index contributed by atoms with van der Waals surface area (Å²) in [5.74, 6) is -1.65. The summed E-state index contributed by atoms with van der Waals surface area (Å²) < 4.78 is 0. The van der Waals surface area contributed by atoms with Crippen molar-refractivity contribution in [2.24, 2.45) is 22.2 Å². The summed E-state index contributed by atoms with van der Waals surface area (Å²) in [6, 6.07) is -1.71. The smallest absolute Gasteiger partial charge is 0.326 e. The Morgan fingerprint density at radius 2 is 2.00 bits per heavy atom. The topological polar surface area (TPSA) is 157 Å². The van der Waals surface area contributed by atoms with E-state index in [0.717, 1.165) is 0 Å². The molecule has 0 rings (SSSR count). The van der Waals surface area contributed by atoms with Crippen LogP contribution in [0.1, 0.15) is 19.8 Å². The van der Waals surface area contributed by atoms with E-state index >= 15 is 0 Å². The third-order valence-electron chi connectivity index (χ3n) is 1.97. The van der Waals surface area contributed by atoms with Gasteiger partial charge in [0, 0.05) is 6.54 Å². The maximum absolute atomic E-state index is 11.2. The van der Waals surface area contributed by atoms with Gasteiger partial charge in [-0.1, -0.05) is 0 Å². The minimum Gasteiger partial charge on any atom is -0.480 e. The number of aliphatic carboxylic acids is 1. The number of amides is 1. The Morgan fingerprint density at radius 3 is 2.41 bits per heavy atom. The third kappa shape index (κ3) is 7.12. The highest BCUT2D eigenvalue weighted by Gasteiger charge is 2.20. The number of aliphatic imine (C=N–C) groups is 1. The molecule has 0 heterocycles. The molecular weight excluding hydrogens is 226 g/mol. The van der Waals surface area contributed by atoms with Gasteiger partial charge in [-0.15, -0.1) is 0 Å². The Balaban J connectivity index is 4.13.